The molecule has 2 N–H and O–H groups in total. The molecule has 1 amide bonds. The van der Waals surface area contributed by atoms with Crippen molar-refractivity contribution in [3.8, 4) is 11.8 Å². The van der Waals surface area contributed by atoms with Crippen LogP contribution in [0.2, 0.25) is 0 Å². The molecule has 0 atom stereocenters. The number of benzene rings is 1. The number of rotatable bonds is 7. The van der Waals surface area contributed by atoms with E-state index in [2.05, 4.69) is 10.6 Å². The van der Waals surface area contributed by atoms with Gasteiger partial charge < -0.3 is 15.4 Å². The zero-order valence-electron chi connectivity index (χ0n) is 10.4. The Bertz CT molecular complexity index is 409. The Morgan fingerprint density at radius 3 is 2.72 bits per heavy atom. The predicted molar refractivity (Wildman–Crippen MR) is 68.2 cm³/mol. The van der Waals surface area contributed by atoms with Crippen LogP contribution in [0.5, 0.6) is 5.75 Å². The molecule has 0 bridgehead atoms. The SMILES string of the molecule is COc1ccc(CCNCC(=O)NCC#N)cc1. The van der Waals surface area contributed by atoms with Crippen molar-refractivity contribution >= 4 is 5.91 Å². The molecule has 0 saturated carbocycles. The fraction of sp³-hybridized carbons (Fsp3) is 0.385. The smallest absolute Gasteiger partial charge is 0.234 e. The van der Waals surface area contributed by atoms with Crippen LogP contribution in [0.15, 0.2) is 24.3 Å². The van der Waals surface area contributed by atoms with E-state index >= 15 is 0 Å². The van der Waals surface area contributed by atoms with Crippen LogP contribution in [0.4, 0.5) is 0 Å². The summed E-state index contributed by atoms with van der Waals surface area (Å²) in [6.07, 6.45) is 0.843. The van der Waals surface area contributed by atoms with Gasteiger partial charge in [0.1, 0.15) is 12.3 Å². The highest BCUT2D eigenvalue weighted by Gasteiger charge is 1.99. The standard InChI is InChI=1S/C13H17N3O2/c1-18-12-4-2-11(3-5-12)6-8-15-10-13(17)16-9-7-14/h2-5,15H,6,8-10H2,1H3,(H,16,17). The summed E-state index contributed by atoms with van der Waals surface area (Å²) in [6.45, 7) is 1.00. The molecule has 96 valence electrons. The number of nitriles is 1. The Balaban J connectivity index is 2.17. The van der Waals surface area contributed by atoms with Gasteiger partial charge in [-0.2, -0.15) is 5.26 Å². The van der Waals surface area contributed by atoms with E-state index in [1.807, 2.05) is 30.3 Å². The summed E-state index contributed by atoms with van der Waals surface area (Å²) in [4.78, 5) is 11.2. The van der Waals surface area contributed by atoms with Gasteiger partial charge >= 0.3 is 0 Å². The quantitative estimate of drug-likeness (QED) is 0.542. The number of carbonyl (C=O) groups excluding carboxylic acids is 1. The average Bonchev–Trinajstić information content (AvgIpc) is 2.42. The number of carbonyl (C=O) groups is 1. The molecule has 0 aliphatic carbocycles. The molecular formula is C13H17N3O2. The van der Waals surface area contributed by atoms with E-state index in [-0.39, 0.29) is 19.0 Å². The van der Waals surface area contributed by atoms with Gasteiger partial charge in [0.2, 0.25) is 5.91 Å². The molecule has 0 heterocycles. The van der Waals surface area contributed by atoms with Crippen LogP contribution in [0.25, 0.3) is 0 Å². The summed E-state index contributed by atoms with van der Waals surface area (Å²) in [5.41, 5.74) is 1.18. The Morgan fingerprint density at radius 1 is 1.39 bits per heavy atom. The van der Waals surface area contributed by atoms with E-state index < -0.39 is 0 Å². The van der Waals surface area contributed by atoms with Crippen LogP contribution in [-0.4, -0.2) is 32.7 Å². The topological polar surface area (TPSA) is 74.2 Å². The Labute approximate surface area is 107 Å². The molecule has 5 nitrogen and oxygen atoms in total. The van der Waals surface area contributed by atoms with Crippen LogP contribution in [0.3, 0.4) is 0 Å². The Kier molecular flexibility index (Phi) is 6.30. The minimum atomic E-state index is -0.161. The van der Waals surface area contributed by atoms with E-state index in [9.17, 15) is 4.79 Å². The van der Waals surface area contributed by atoms with Crippen LogP contribution in [0, 0.1) is 11.3 Å². The number of hydrogen-bond acceptors (Lipinski definition) is 4. The van der Waals surface area contributed by atoms with E-state index in [4.69, 9.17) is 10.00 Å². The highest BCUT2D eigenvalue weighted by Crippen LogP contribution is 2.11. The van der Waals surface area contributed by atoms with Crippen molar-refractivity contribution in [2.24, 2.45) is 0 Å². The van der Waals surface area contributed by atoms with Crippen molar-refractivity contribution in [3.05, 3.63) is 29.8 Å². The van der Waals surface area contributed by atoms with Gasteiger partial charge in [0.05, 0.1) is 19.7 Å². The Morgan fingerprint density at radius 2 is 2.11 bits per heavy atom. The van der Waals surface area contributed by atoms with Crippen LogP contribution in [0.1, 0.15) is 5.56 Å². The minimum Gasteiger partial charge on any atom is -0.497 e. The first-order chi connectivity index (χ1) is 8.76. The second-order valence-corrected chi connectivity index (χ2v) is 3.71. The molecular weight excluding hydrogens is 230 g/mol. The number of methoxy groups -OCH3 is 1. The molecule has 0 aliphatic rings. The van der Waals surface area contributed by atoms with Crippen LogP contribution >= 0.6 is 0 Å². The van der Waals surface area contributed by atoms with Gasteiger partial charge in [0.25, 0.3) is 0 Å². The molecule has 1 aromatic carbocycles. The Hall–Kier alpha value is -2.06. The number of hydrogen-bond donors (Lipinski definition) is 2. The third-order valence-electron chi connectivity index (χ3n) is 2.40. The first kappa shape index (κ1) is 14.0. The van der Waals surface area contributed by atoms with Gasteiger partial charge in [-0.1, -0.05) is 12.1 Å². The molecule has 1 aromatic rings. The van der Waals surface area contributed by atoms with Crippen LogP contribution in [-0.2, 0) is 11.2 Å². The molecule has 0 radical (unpaired) electrons. The van der Waals surface area contributed by atoms with Crippen molar-refractivity contribution in [2.45, 2.75) is 6.42 Å². The zero-order valence-corrected chi connectivity index (χ0v) is 10.4. The highest BCUT2D eigenvalue weighted by molar-refractivity contribution is 5.78. The lowest BCUT2D eigenvalue weighted by atomic mass is 10.1. The minimum absolute atomic E-state index is 0.0546. The van der Waals surface area contributed by atoms with Gasteiger partial charge in [-0.3, -0.25) is 4.79 Å². The number of ether oxygens (including phenoxy) is 1. The maximum absolute atomic E-state index is 11.2. The largest absolute Gasteiger partial charge is 0.497 e. The lowest BCUT2D eigenvalue weighted by Gasteiger charge is -2.05. The van der Waals surface area contributed by atoms with E-state index in [1.54, 1.807) is 7.11 Å². The van der Waals surface area contributed by atoms with Crippen molar-refractivity contribution < 1.29 is 9.53 Å². The first-order valence-corrected chi connectivity index (χ1v) is 5.73. The maximum atomic E-state index is 11.2. The molecule has 1 rings (SSSR count). The molecule has 0 saturated heterocycles. The van der Waals surface area contributed by atoms with E-state index in [0.717, 1.165) is 12.2 Å². The third-order valence-corrected chi connectivity index (χ3v) is 2.40. The second-order valence-electron chi connectivity index (χ2n) is 3.71. The van der Waals surface area contributed by atoms with Gasteiger partial charge in [-0.15, -0.1) is 0 Å². The summed E-state index contributed by atoms with van der Waals surface area (Å²) >= 11 is 0. The van der Waals surface area contributed by atoms with Crippen molar-refractivity contribution in [2.75, 3.05) is 26.7 Å². The van der Waals surface area contributed by atoms with Gasteiger partial charge in [-0.05, 0) is 30.7 Å². The zero-order chi connectivity index (χ0) is 13.2. The molecule has 5 heteroatoms. The normalized spacial score (nSPS) is 9.56. The fourth-order valence-corrected chi connectivity index (χ4v) is 1.43. The van der Waals surface area contributed by atoms with Crippen molar-refractivity contribution in [3.63, 3.8) is 0 Å². The first-order valence-electron chi connectivity index (χ1n) is 5.73. The molecule has 18 heavy (non-hydrogen) atoms. The second kappa shape index (κ2) is 8.09. The molecule has 0 aromatic heterocycles. The summed E-state index contributed by atoms with van der Waals surface area (Å²) in [5, 5.41) is 13.8. The average molecular weight is 247 g/mol. The maximum Gasteiger partial charge on any atom is 0.234 e. The van der Waals surface area contributed by atoms with Gasteiger partial charge in [0, 0.05) is 0 Å². The van der Waals surface area contributed by atoms with Crippen molar-refractivity contribution in [1.82, 2.24) is 10.6 Å². The summed E-state index contributed by atoms with van der Waals surface area (Å²) < 4.78 is 5.07. The molecule has 0 aliphatic heterocycles. The highest BCUT2D eigenvalue weighted by atomic mass is 16.5. The molecule has 0 spiro atoms. The number of nitrogens with one attached hydrogen (secondary N) is 2. The lowest BCUT2D eigenvalue weighted by Crippen LogP contribution is -2.34. The van der Waals surface area contributed by atoms with E-state index in [1.165, 1.54) is 5.56 Å². The third kappa shape index (κ3) is 5.32. The molecule has 0 unspecified atom stereocenters. The monoisotopic (exact) mass is 247 g/mol. The lowest BCUT2D eigenvalue weighted by molar-refractivity contribution is -0.120. The number of nitrogens with zero attached hydrogens (tertiary/aromatic N) is 1. The summed E-state index contributed by atoms with van der Waals surface area (Å²) in [5.74, 6) is 0.675. The summed E-state index contributed by atoms with van der Waals surface area (Å²) in [7, 11) is 1.64. The van der Waals surface area contributed by atoms with Crippen LogP contribution < -0.4 is 15.4 Å². The van der Waals surface area contributed by atoms with E-state index in [0.29, 0.717) is 6.54 Å². The van der Waals surface area contributed by atoms with Gasteiger partial charge in [0.15, 0.2) is 0 Å². The molecule has 0 fully saturated rings. The predicted octanol–water partition coefficient (Wildman–Crippen LogP) is 0.467. The summed E-state index contributed by atoms with van der Waals surface area (Å²) in [6, 6.07) is 9.67. The number of amides is 1. The van der Waals surface area contributed by atoms with Crippen molar-refractivity contribution in [1.29, 1.82) is 5.26 Å². The fourth-order valence-electron chi connectivity index (χ4n) is 1.43. The van der Waals surface area contributed by atoms with Gasteiger partial charge in [-0.25, -0.2) is 0 Å².